The molecule has 7 nitrogen and oxygen atoms in total. The summed E-state index contributed by atoms with van der Waals surface area (Å²) in [7, 11) is 1.66. The summed E-state index contributed by atoms with van der Waals surface area (Å²) in [5.41, 5.74) is 0.270. The Morgan fingerprint density at radius 1 is 1.18 bits per heavy atom. The first-order chi connectivity index (χ1) is 13.5. The Labute approximate surface area is 161 Å². The van der Waals surface area contributed by atoms with E-state index in [1.807, 2.05) is 35.3 Å². The van der Waals surface area contributed by atoms with Crippen LogP contribution < -0.4 is 10.4 Å². The van der Waals surface area contributed by atoms with Crippen molar-refractivity contribution in [1.82, 2.24) is 9.58 Å². The second-order valence-corrected chi connectivity index (χ2v) is 7.03. The Kier molecular flexibility index (Phi) is 4.80. The van der Waals surface area contributed by atoms with Crippen LogP contribution in [0.15, 0.2) is 47.4 Å². The number of aromatic hydroxyl groups is 1. The Balaban J connectivity index is 1.89. The zero-order valence-corrected chi connectivity index (χ0v) is 15.5. The minimum Gasteiger partial charge on any atom is -0.502 e. The molecule has 0 aliphatic carbocycles. The third-order valence-corrected chi connectivity index (χ3v) is 5.47. The van der Waals surface area contributed by atoms with Gasteiger partial charge in [-0.25, -0.2) is 4.39 Å². The van der Waals surface area contributed by atoms with Crippen LogP contribution in [0.4, 0.5) is 4.39 Å². The lowest BCUT2D eigenvalue weighted by Gasteiger charge is -2.53. The number of carbonyl (C=O) groups excluding carboxylic acids is 1. The predicted molar refractivity (Wildman–Crippen MR) is 101 cm³/mol. The molecular formula is C20H22FN3O4. The fourth-order valence-electron chi connectivity index (χ4n) is 4.21. The van der Waals surface area contributed by atoms with Gasteiger partial charge in [0.1, 0.15) is 12.8 Å². The monoisotopic (exact) mass is 387 g/mol. The van der Waals surface area contributed by atoms with Crippen LogP contribution in [0.25, 0.3) is 0 Å². The van der Waals surface area contributed by atoms with Gasteiger partial charge >= 0.3 is 0 Å². The lowest BCUT2D eigenvalue weighted by atomic mass is 9.91. The number of rotatable bonds is 4. The van der Waals surface area contributed by atoms with Gasteiger partial charge < -0.3 is 14.7 Å². The minimum atomic E-state index is -0.607. The molecule has 2 aromatic rings. The number of benzene rings is 1. The largest absolute Gasteiger partial charge is 0.502 e. The Morgan fingerprint density at radius 3 is 2.64 bits per heavy atom. The number of amides is 1. The van der Waals surface area contributed by atoms with Crippen LogP contribution in [-0.4, -0.2) is 53.2 Å². The van der Waals surface area contributed by atoms with Gasteiger partial charge in [0.15, 0.2) is 11.4 Å². The number of piperidine rings is 1. The maximum absolute atomic E-state index is 12.8. The summed E-state index contributed by atoms with van der Waals surface area (Å²) in [5.74, 6) is -0.984. The molecule has 2 aliphatic heterocycles. The topological polar surface area (TPSA) is 75.0 Å². The molecule has 3 unspecified atom stereocenters. The number of fused-ring (bicyclic) bond motifs is 3. The fourth-order valence-corrected chi connectivity index (χ4v) is 4.21. The zero-order chi connectivity index (χ0) is 19.8. The van der Waals surface area contributed by atoms with Gasteiger partial charge in [-0.1, -0.05) is 30.3 Å². The first-order valence-electron chi connectivity index (χ1n) is 9.27. The smallest absolute Gasteiger partial charge is 0.277 e. The first-order valence-corrected chi connectivity index (χ1v) is 9.27. The van der Waals surface area contributed by atoms with E-state index in [2.05, 4.69) is 0 Å². The van der Waals surface area contributed by atoms with Gasteiger partial charge in [-0.3, -0.25) is 19.3 Å². The standard InChI is InChI=1S/C20H22FN3O4/c1-22-16-8-7-15(28-12-10-21)17(13-5-3-2-4-6-13)24(16)23-11-9-14(25)19(26)18(23)20(22)27/h2-6,9,11,15-17,26H,7-8,10,12H2,1H3. The summed E-state index contributed by atoms with van der Waals surface area (Å²) in [4.78, 5) is 26.3. The molecule has 0 radical (unpaired) electrons. The molecule has 0 spiro atoms. The summed E-state index contributed by atoms with van der Waals surface area (Å²) >= 11 is 0. The molecule has 0 bridgehead atoms. The summed E-state index contributed by atoms with van der Waals surface area (Å²) in [6, 6.07) is 10.6. The van der Waals surface area contributed by atoms with Gasteiger partial charge in [-0.05, 0) is 18.4 Å². The van der Waals surface area contributed by atoms with E-state index in [-0.39, 0.29) is 30.6 Å². The number of carbonyl (C=O) groups is 1. The fraction of sp³-hybridized carbons (Fsp3) is 0.400. The summed E-state index contributed by atoms with van der Waals surface area (Å²) in [6.45, 7) is -0.590. The lowest BCUT2D eigenvalue weighted by Crippen LogP contribution is -2.65. The number of ether oxygens (including phenoxy) is 1. The van der Waals surface area contributed by atoms with Crippen molar-refractivity contribution in [2.45, 2.75) is 31.2 Å². The first kappa shape index (κ1) is 18.5. The molecule has 4 rings (SSSR count). The molecule has 28 heavy (non-hydrogen) atoms. The van der Waals surface area contributed by atoms with Gasteiger partial charge in [-0.15, -0.1) is 0 Å². The number of nitrogens with zero attached hydrogens (tertiary/aromatic N) is 3. The number of halogens is 1. The van der Waals surface area contributed by atoms with Gasteiger partial charge in [0.05, 0.1) is 18.8 Å². The molecule has 1 aromatic heterocycles. The lowest BCUT2D eigenvalue weighted by molar-refractivity contribution is -0.0224. The van der Waals surface area contributed by atoms with E-state index in [1.54, 1.807) is 11.7 Å². The van der Waals surface area contributed by atoms with Crippen molar-refractivity contribution in [3.63, 3.8) is 0 Å². The Morgan fingerprint density at radius 2 is 1.93 bits per heavy atom. The van der Waals surface area contributed by atoms with E-state index in [4.69, 9.17) is 4.74 Å². The Hall–Kier alpha value is -2.87. The van der Waals surface area contributed by atoms with Crippen molar-refractivity contribution in [1.29, 1.82) is 0 Å². The van der Waals surface area contributed by atoms with Gasteiger partial charge in [0, 0.05) is 19.3 Å². The highest BCUT2D eigenvalue weighted by Gasteiger charge is 2.46. The molecule has 148 valence electrons. The zero-order valence-electron chi connectivity index (χ0n) is 15.5. The number of hydrogen-bond acceptors (Lipinski definition) is 5. The van der Waals surface area contributed by atoms with Crippen LogP contribution in [0, 0.1) is 0 Å². The van der Waals surface area contributed by atoms with Crippen molar-refractivity contribution in [2.24, 2.45) is 0 Å². The highest BCUT2D eigenvalue weighted by molar-refractivity contribution is 5.96. The highest BCUT2D eigenvalue weighted by Crippen LogP contribution is 2.39. The molecule has 3 atom stereocenters. The molecule has 3 heterocycles. The SMILES string of the molecule is CN1C(=O)c2c(O)c(=O)ccn2N2C(c3ccccc3)C(OCCF)CCC12. The molecule has 8 heteroatoms. The van der Waals surface area contributed by atoms with Crippen LogP contribution in [-0.2, 0) is 4.74 Å². The van der Waals surface area contributed by atoms with Crippen LogP contribution in [0.5, 0.6) is 5.75 Å². The van der Waals surface area contributed by atoms with E-state index < -0.39 is 23.8 Å². The number of alkyl halides is 1. The average Bonchev–Trinajstić information content (AvgIpc) is 2.72. The molecule has 1 saturated heterocycles. The predicted octanol–water partition coefficient (Wildman–Crippen LogP) is 1.79. The average molecular weight is 387 g/mol. The van der Waals surface area contributed by atoms with E-state index in [0.717, 1.165) is 5.56 Å². The van der Waals surface area contributed by atoms with E-state index in [9.17, 15) is 19.1 Å². The van der Waals surface area contributed by atoms with Crippen LogP contribution in [0.1, 0.15) is 34.9 Å². The van der Waals surface area contributed by atoms with Crippen molar-refractivity contribution >= 4 is 5.91 Å². The Bertz CT molecular complexity index is 933. The molecule has 0 saturated carbocycles. The molecule has 1 fully saturated rings. The van der Waals surface area contributed by atoms with Gasteiger partial charge in [0.2, 0.25) is 5.43 Å². The highest BCUT2D eigenvalue weighted by atomic mass is 19.1. The molecule has 1 N–H and O–H groups in total. The maximum atomic E-state index is 12.8. The number of aromatic nitrogens is 1. The third-order valence-electron chi connectivity index (χ3n) is 5.47. The molecule has 1 aromatic carbocycles. The van der Waals surface area contributed by atoms with E-state index in [0.29, 0.717) is 12.8 Å². The maximum Gasteiger partial charge on any atom is 0.277 e. The van der Waals surface area contributed by atoms with Gasteiger partial charge in [0.25, 0.3) is 5.91 Å². The van der Waals surface area contributed by atoms with Crippen molar-refractivity contribution in [3.8, 4) is 5.75 Å². The second-order valence-electron chi connectivity index (χ2n) is 7.03. The normalized spacial score (nSPS) is 24.1. The van der Waals surface area contributed by atoms with Crippen molar-refractivity contribution < 1.29 is 19.0 Å². The van der Waals surface area contributed by atoms with E-state index >= 15 is 0 Å². The summed E-state index contributed by atoms with van der Waals surface area (Å²) in [6.07, 6.45) is 2.19. The minimum absolute atomic E-state index is 0.0104. The van der Waals surface area contributed by atoms with Crippen LogP contribution in [0.2, 0.25) is 0 Å². The van der Waals surface area contributed by atoms with Crippen molar-refractivity contribution in [3.05, 3.63) is 64.1 Å². The molecule has 1 amide bonds. The van der Waals surface area contributed by atoms with E-state index in [1.165, 1.54) is 17.2 Å². The van der Waals surface area contributed by atoms with Crippen molar-refractivity contribution in [2.75, 3.05) is 25.3 Å². The molecule has 2 aliphatic rings. The van der Waals surface area contributed by atoms with Gasteiger partial charge in [-0.2, -0.15) is 0 Å². The van der Waals surface area contributed by atoms with Crippen LogP contribution in [0.3, 0.4) is 0 Å². The quantitative estimate of drug-likeness (QED) is 0.866. The summed E-state index contributed by atoms with van der Waals surface area (Å²) in [5, 5.41) is 12.2. The second kappa shape index (κ2) is 7.27. The number of pyridine rings is 1. The number of hydrogen-bond donors (Lipinski definition) is 1. The van der Waals surface area contributed by atoms with Crippen LogP contribution >= 0.6 is 0 Å². The summed E-state index contributed by atoms with van der Waals surface area (Å²) < 4.78 is 20.2. The third kappa shape index (κ3) is 2.84. The molecular weight excluding hydrogens is 365 g/mol.